The van der Waals surface area contributed by atoms with Gasteiger partial charge in [0.2, 0.25) is 17.7 Å². The number of hydrogen-bond donors (Lipinski definition) is 2. The van der Waals surface area contributed by atoms with Crippen molar-refractivity contribution >= 4 is 23.4 Å². The minimum absolute atomic E-state index is 0.0931. The SMILES string of the molecule is CC(=O)NC(CC(=O)Nc1cccc(CN(C)C(C)=O)c1)c1c(F)cccc1F. The number of carbonyl (C=O) groups is 3. The molecule has 6 nitrogen and oxygen atoms in total. The summed E-state index contributed by atoms with van der Waals surface area (Å²) in [7, 11) is 1.66. The second kappa shape index (κ2) is 9.77. The highest BCUT2D eigenvalue weighted by Crippen LogP contribution is 2.24. The number of amides is 3. The summed E-state index contributed by atoms with van der Waals surface area (Å²) >= 11 is 0. The molecule has 8 heteroatoms. The summed E-state index contributed by atoms with van der Waals surface area (Å²) in [5, 5.41) is 5.08. The van der Waals surface area contributed by atoms with Gasteiger partial charge in [-0.2, -0.15) is 0 Å². The van der Waals surface area contributed by atoms with Crippen LogP contribution in [0.25, 0.3) is 0 Å². The Morgan fingerprint density at radius 2 is 1.66 bits per heavy atom. The molecule has 0 bridgehead atoms. The first kappa shape index (κ1) is 22.0. The molecule has 0 radical (unpaired) electrons. The number of hydrogen-bond acceptors (Lipinski definition) is 3. The number of carbonyl (C=O) groups excluding carboxylic acids is 3. The van der Waals surface area contributed by atoms with Crippen molar-refractivity contribution in [3.05, 3.63) is 65.2 Å². The fourth-order valence-corrected chi connectivity index (χ4v) is 2.84. The summed E-state index contributed by atoms with van der Waals surface area (Å²) in [5.41, 5.74) is 0.911. The molecule has 0 fully saturated rings. The predicted molar refractivity (Wildman–Crippen MR) is 105 cm³/mol. The Kier molecular flexibility index (Phi) is 7.41. The first-order chi connectivity index (χ1) is 13.7. The van der Waals surface area contributed by atoms with Gasteiger partial charge in [-0.05, 0) is 29.8 Å². The lowest BCUT2D eigenvalue weighted by Crippen LogP contribution is -2.31. The largest absolute Gasteiger partial charge is 0.349 e. The molecular formula is C21H23F2N3O3. The summed E-state index contributed by atoms with van der Waals surface area (Å²) in [5.74, 6) is -2.82. The normalized spacial score (nSPS) is 11.5. The van der Waals surface area contributed by atoms with Crippen LogP contribution < -0.4 is 10.6 Å². The van der Waals surface area contributed by atoms with Gasteiger partial charge in [0.05, 0.1) is 12.5 Å². The second-order valence-corrected chi connectivity index (χ2v) is 6.72. The van der Waals surface area contributed by atoms with Crippen LogP contribution in [0.5, 0.6) is 0 Å². The highest BCUT2D eigenvalue weighted by Gasteiger charge is 2.24. The Morgan fingerprint density at radius 1 is 1.03 bits per heavy atom. The van der Waals surface area contributed by atoms with Crippen molar-refractivity contribution < 1.29 is 23.2 Å². The van der Waals surface area contributed by atoms with Crippen LogP contribution in [0.4, 0.5) is 14.5 Å². The van der Waals surface area contributed by atoms with Gasteiger partial charge in [0.1, 0.15) is 11.6 Å². The van der Waals surface area contributed by atoms with Crippen LogP contribution >= 0.6 is 0 Å². The van der Waals surface area contributed by atoms with Crippen LogP contribution in [-0.4, -0.2) is 29.7 Å². The summed E-state index contributed by atoms with van der Waals surface area (Å²) < 4.78 is 28.2. The van der Waals surface area contributed by atoms with Gasteiger partial charge in [0, 0.05) is 38.7 Å². The van der Waals surface area contributed by atoms with Crippen molar-refractivity contribution in [3.63, 3.8) is 0 Å². The third-order valence-corrected chi connectivity index (χ3v) is 4.28. The van der Waals surface area contributed by atoms with Crippen molar-refractivity contribution in [2.24, 2.45) is 0 Å². The highest BCUT2D eigenvalue weighted by molar-refractivity contribution is 5.91. The van der Waals surface area contributed by atoms with Crippen molar-refractivity contribution in [1.29, 1.82) is 0 Å². The van der Waals surface area contributed by atoms with E-state index in [1.54, 1.807) is 25.2 Å². The first-order valence-electron chi connectivity index (χ1n) is 8.99. The monoisotopic (exact) mass is 403 g/mol. The van der Waals surface area contributed by atoms with Gasteiger partial charge >= 0.3 is 0 Å². The van der Waals surface area contributed by atoms with E-state index in [9.17, 15) is 23.2 Å². The Hall–Kier alpha value is -3.29. The van der Waals surface area contributed by atoms with Gasteiger partial charge < -0.3 is 15.5 Å². The van der Waals surface area contributed by atoms with Crippen molar-refractivity contribution in [2.45, 2.75) is 32.9 Å². The number of anilines is 1. The third-order valence-electron chi connectivity index (χ3n) is 4.28. The maximum Gasteiger partial charge on any atom is 0.226 e. The maximum atomic E-state index is 14.1. The van der Waals surface area contributed by atoms with Crippen molar-refractivity contribution in [2.75, 3.05) is 12.4 Å². The highest BCUT2D eigenvalue weighted by atomic mass is 19.1. The Bertz CT molecular complexity index is 898. The molecule has 0 aliphatic rings. The molecule has 2 N–H and O–H groups in total. The minimum atomic E-state index is -1.15. The Balaban J connectivity index is 2.14. The van der Waals surface area contributed by atoms with Crippen LogP contribution in [-0.2, 0) is 20.9 Å². The lowest BCUT2D eigenvalue weighted by atomic mass is 10.0. The van der Waals surface area contributed by atoms with E-state index in [1.165, 1.54) is 24.8 Å². The molecule has 3 amide bonds. The number of halogens is 2. The average molecular weight is 403 g/mol. The molecule has 2 rings (SSSR count). The number of nitrogens with one attached hydrogen (secondary N) is 2. The van der Waals surface area contributed by atoms with E-state index in [-0.39, 0.29) is 17.9 Å². The zero-order chi connectivity index (χ0) is 21.6. The van der Waals surface area contributed by atoms with Gasteiger partial charge in [-0.25, -0.2) is 8.78 Å². The zero-order valence-corrected chi connectivity index (χ0v) is 16.5. The topological polar surface area (TPSA) is 78.5 Å². The van der Waals surface area contributed by atoms with Crippen LogP contribution in [0.3, 0.4) is 0 Å². The minimum Gasteiger partial charge on any atom is -0.349 e. The quantitative estimate of drug-likeness (QED) is 0.746. The van der Waals surface area contributed by atoms with E-state index in [4.69, 9.17) is 0 Å². The summed E-state index contributed by atoms with van der Waals surface area (Å²) in [6.45, 7) is 3.03. The fourth-order valence-electron chi connectivity index (χ4n) is 2.84. The molecule has 0 saturated heterocycles. The Morgan fingerprint density at radius 3 is 2.24 bits per heavy atom. The lowest BCUT2D eigenvalue weighted by molar-refractivity contribution is -0.128. The van der Waals surface area contributed by atoms with Crippen LogP contribution in [0.2, 0.25) is 0 Å². The number of rotatable bonds is 7. The molecule has 0 spiro atoms. The molecule has 0 aliphatic carbocycles. The van der Waals surface area contributed by atoms with Crippen LogP contribution in [0.15, 0.2) is 42.5 Å². The summed E-state index contributed by atoms with van der Waals surface area (Å²) in [6.07, 6.45) is -0.352. The van der Waals surface area contributed by atoms with Crippen LogP contribution in [0, 0.1) is 11.6 Å². The van der Waals surface area contributed by atoms with Gasteiger partial charge in [-0.15, -0.1) is 0 Å². The summed E-state index contributed by atoms with van der Waals surface area (Å²) in [6, 6.07) is 9.09. The predicted octanol–water partition coefficient (Wildman–Crippen LogP) is 3.15. The molecular weight excluding hydrogens is 380 g/mol. The molecule has 154 valence electrons. The lowest BCUT2D eigenvalue weighted by Gasteiger charge is -2.19. The van der Waals surface area contributed by atoms with E-state index in [1.807, 2.05) is 6.07 Å². The summed E-state index contributed by atoms with van der Waals surface area (Å²) in [4.78, 5) is 36.8. The van der Waals surface area contributed by atoms with Crippen LogP contribution in [0.1, 0.15) is 37.4 Å². The molecule has 0 aliphatic heterocycles. The average Bonchev–Trinajstić information content (AvgIpc) is 2.61. The second-order valence-electron chi connectivity index (χ2n) is 6.72. The van der Waals surface area contributed by atoms with Gasteiger partial charge in [-0.3, -0.25) is 14.4 Å². The van der Waals surface area contributed by atoms with Gasteiger partial charge in [0.15, 0.2) is 0 Å². The van der Waals surface area contributed by atoms with E-state index < -0.39 is 29.5 Å². The van der Waals surface area contributed by atoms with Gasteiger partial charge in [-0.1, -0.05) is 18.2 Å². The van der Waals surface area contributed by atoms with Gasteiger partial charge in [0.25, 0.3) is 0 Å². The molecule has 1 atom stereocenters. The zero-order valence-electron chi connectivity index (χ0n) is 16.5. The Labute approximate surface area is 167 Å². The third kappa shape index (κ3) is 6.38. The first-order valence-corrected chi connectivity index (χ1v) is 8.99. The van der Waals surface area contributed by atoms with Crippen molar-refractivity contribution in [1.82, 2.24) is 10.2 Å². The fraction of sp³-hybridized carbons (Fsp3) is 0.286. The standard InChI is InChI=1S/C21H23F2N3O3/c1-13(27)24-19(21-17(22)8-5-9-18(21)23)11-20(29)25-16-7-4-6-15(10-16)12-26(3)14(2)28/h4-10,19H,11-12H2,1-3H3,(H,24,27)(H,25,29). The van der Waals surface area contributed by atoms with E-state index in [2.05, 4.69) is 10.6 Å². The van der Waals surface area contributed by atoms with Crippen molar-refractivity contribution in [3.8, 4) is 0 Å². The molecule has 0 saturated carbocycles. The smallest absolute Gasteiger partial charge is 0.226 e. The molecule has 0 aromatic heterocycles. The molecule has 0 heterocycles. The molecule has 2 aromatic carbocycles. The van der Waals surface area contributed by atoms with E-state index in [0.29, 0.717) is 12.2 Å². The van der Waals surface area contributed by atoms with E-state index >= 15 is 0 Å². The molecule has 29 heavy (non-hydrogen) atoms. The number of benzene rings is 2. The van der Waals surface area contributed by atoms with E-state index in [0.717, 1.165) is 17.7 Å². The molecule has 2 aromatic rings. The number of nitrogens with zero attached hydrogens (tertiary/aromatic N) is 1. The molecule has 1 unspecified atom stereocenters. The maximum absolute atomic E-state index is 14.1.